The van der Waals surface area contributed by atoms with Gasteiger partial charge in [0.25, 0.3) is 5.91 Å². The highest BCUT2D eigenvalue weighted by molar-refractivity contribution is 6.02. The quantitative estimate of drug-likeness (QED) is 0.473. The van der Waals surface area contributed by atoms with Gasteiger partial charge in [-0.3, -0.25) is 9.59 Å². The molecular weight excluding hydrogens is 388 g/mol. The molecule has 1 heterocycles. The van der Waals surface area contributed by atoms with Crippen LogP contribution in [0.3, 0.4) is 0 Å². The van der Waals surface area contributed by atoms with E-state index >= 15 is 0 Å². The van der Waals surface area contributed by atoms with Crippen LogP contribution in [0.15, 0.2) is 66.2 Å². The number of nitriles is 1. The number of nitrogens with zero attached hydrogens (tertiary/aromatic N) is 2. The van der Waals surface area contributed by atoms with E-state index in [1.807, 2.05) is 79.9 Å². The van der Waals surface area contributed by atoms with E-state index in [1.165, 1.54) is 0 Å². The van der Waals surface area contributed by atoms with Crippen LogP contribution in [0, 0.1) is 25.2 Å². The molecule has 0 saturated heterocycles. The molecule has 0 fully saturated rings. The van der Waals surface area contributed by atoms with Gasteiger partial charge in [-0.15, -0.1) is 0 Å². The van der Waals surface area contributed by atoms with Crippen molar-refractivity contribution in [3.63, 3.8) is 0 Å². The molecule has 156 valence electrons. The second kappa shape index (κ2) is 9.14. The van der Waals surface area contributed by atoms with Crippen molar-refractivity contribution in [1.29, 1.82) is 5.26 Å². The number of carbonyl (C=O) groups is 2. The fraction of sp³-hybridized carbons (Fsp3) is 0.160. The summed E-state index contributed by atoms with van der Waals surface area (Å²) in [6.45, 7) is 5.74. The summed E-state index contributed by atoms with van der Waals surface area (Å²) in [5.41, 5.74) is 10.2. The van der Waals surface area contributed by atoms with E-state index in [1.54, 1.807) is 18.2 Å². The van der Waals surface area contributed by atoms with E-state index in [0.29, 0.717) is 5.56 Å². The van der Waals surface area contributed by atoms with E-state index in [4.69, 9.17) is 5.73 Å². The molecule has 0 saturated carbocycles. The molecule has 1 aromatic heterocycles. The Bertz CT molecular complexity index is 1180. The molecule has 0 radical (unpaired) electrons. The molecular formula is C25H24N4O2. The van der Waals surface area contributed by atoms with Gasteiger partial charge in [0.1, 0.15) is 11.6 Å². The summed E-state index contributed by atoms with van der Waals surface area (Å²) < 4.78 is 2.00. The first kappa shape index (κ1) is 21.6. The van der Waals surface area contributed by atoms with E-state index in [2.05, 4.69) is 5.32 Å². The van der Waals surface area contributed by atoms with Gasteiger partial charge in [-0.05, 0) is 68.3 Å². The summed E-state index contributed by atoms with van der Waals surface area (Å²) in [5, 5.41) is 12.5. The van der Waals surface area contributed by atoms with E-state index in [9.17, 15) is 14.9 Å². The predicted molar refractivity (Wildman–Crippen MR) is 120 cm³/mol. The second-order valence-electron chi connectivity index (χ2n) is 7.35. The first-order chi connectivity index (χ1) is 14.8. The largest absolute Gasteiger partial charge is 0.366 e. The van der Waals surface area contributed by atoms with E-state index in [-0.39, 0.29) is 11.6 Å². The fourth-order valence-corrected chi connectivity index (χ4v) is 3.51. The van der Waals surface area contributed by atoms with E-state index < -0.39 is 11.8 Å². The van der Waals surface area contributed by atoms with Gasteiger partial charge in [-0.25, -0.2) is 0 Å². The lowest BCUT2D eigenvalue weighted by molar-refractivity contribution is -0.117. The number of rotatable bonds is 6. The van der Waals surface area contributed by atoms with Crippen LogP contribution >= 0.6 is 0 Å². The lowest BCUT2D eigenvalue weighted by Crippen LogP contribution is -2.27. The van der Waals surface area contributed by atoms with Crippen LogP contribution < -0.4 is 11.1 Å². The summed E-state index contributed by atoms with van der Waals surface area (Å²) in [5.74, 6) is -0.903. The third kappa shape index (κ3) is 4.73. The minimum absolute atomic E-state index is 0.0344. The molecule has 3 N–H and O–H groups in total. The van der Waals surface area contributed by atoms with Gasteiger partial charge in [0.15, 0.2) is 0 Å². The second-order valence-corrected chi connectivity index (χ2v) is 7.35. The Morgan fingerprint density at radius 1 is 1.10 bits per heavy atom. The Labute approximate surface area is 181 Å². The average Bonchev–Trinajstić information content (AvgIpc) is 3.05. The Balaban J connectivity index is 1.88. The molecule has 2 aromatic carbocycles. The fourth-order valence-electron chi connectivity index (χ4n) is 3.51. The SMILES string of the molecule is Cc1cc(/C=C(/C#N)C(=O)N[C@@H](C)c2ccccc2)c(C)n1-c1ccc(C(N)=O)cc1. The molecule has 0 spiro atoms. The molecule has 6 nitrogen and oxygen atoms in total. The number of benzene rings is 2. The maximum absolute atomic E-state index is 12.7. The van der Waals surface area contributed by atoms with Crippen LogP contribution in [-0.4, -0.2) is 16.4 Å². The van der Waals surface area contributed by atoms with Gasteiger partial charge in [0.05, 0.1) is 6.04 Å². The van der Waals surface area contributed by atoms with Crippen molar-refractivity contribution in [2.45, 2.75) is 26.8 Å². The van der Waals surface area contributed by atoms with Crippen molar-refractivity contribution >= 4 is 17.9 Å². The molecule has 3 aromatic rings. The highest BCUT2D eigenvalue weighted by Gasteiger charge is 2.16. The topological polar surface area (TPSA) is 101 Å². The zero-order valence-corrected chi connectivity index (χ0v) is 17.7. The molecule has 0 aliphatic rings. The predicted octanol–water partition coefficient (Wildman–Crippen LogP) is 3.98. The smallest absolute Gasteiger partial charge is 0.262 e. The zero-order valence-electron chi connectivity index (χ0n) is 17.7. The summed E-state index contributed by atoms with van der Waals surface area (Å²) in [6, 6.07) is 20.3. The monoisotopic (exact) mass is 412 g/mol. The number of aryl methyl sites for hydroxylation is 1. The van der Waals surface area contributed by atoms with Crippen LogP contribution in [0.4, 0.5) is 0 Å². The van der Waals surface area contributed by atoms with Crippen LogP contribution in [0.25, 0.3) is 11.8 Å². The van der Waals surface area contributed by atoms with Crippen LogP contribution in [0.1, 0.15) is 45.8 Å². The summed E-state index contributed by atoms with van der Waals surface area (Å²) in [4.78, 5) is 24.0. The molecule has 31 heavy (non-hydrogen) atoms. The Hall–Kier alpha value is -4.11. The Morgan fingerprint density at radius 3 is 2.32 bits per heavy atom. The zero-order chi connectivity index (χ0) is 22.5. The average molecular weight is 412 g/mol. The normalized spacial score (nSPS) is 12.1. The maximum Gasteiger partial charge on any atom is 0.262 e. The minimum Gasteiger partial charge on any atom is -0.366 e. The highest BCUT2D eigenvalue weighted by Crippen LogP contribution is 2.23. The van der Waals surface area contributed by atoms with Gasteiger partial charge < -0.3 is 15.6 Å². The van der Waals surface area contributed by atoms with Gasteiger partial charge >= 0.3 is 0 Å². The van der Waals surface area contributed by atoms with Gasteiger partial charge in [0.2, 0.25) is 5.91 Å². The highest BCUT2D eigenvalue weighted by atomic mass is 16.2. The Kier molecular flexibility index (Phi) is 6.37. The minimum atomic E-state index is -0.481. The molecule has 1 atom stereocenters. The lowest BCUT2D eigenvalue weighted by atomic mass is 10.1. The Morgan fingerprint density at radius 2 is 1.74 bits per heavy atom. The van der Waals surface area contributed by atoms with Gasteiger partial charge in [0, 0.05) is 22.6 Å². The van der Waals surface area contributed by atoms with Crippen molar-refractivity contribution < 1.29 is 9.59 Å². The number of nitrogens with two attached hydrogens (primary N) is 1. The van der Waals surface area contributed by atoms with Crippen molar-refractivity contribution in [3.05, 3.63) is 94.3 Å². The maximum atomic E-state index is 12.7. The van der Waals surface area contributed by atoms with Crippen LogP contribution in [0.5, 0.6) is 0 Å². The van der Waals surface area contributed by atoms with Crippen molar-refractivity contribution in [1.82, 2.24) is 9.88 Å². The molecule has 6 heteroatoms. The molecule has 3 rings (SSSR count). The first-order valence-electron chi connectivity index (χ1n) is 9.88. The third-order valence-corrected chi connectivity index (χ3v) is 5.19. The van der Waals surface area contributed by atoms with E-state index in [0.717, 1.165) is 28.2 Å². The number of hydrogen-bond acceptors (Lipinski definition) is 3. The third-order valence-electron chi connectivity index (χ3n) is 5.19. The summed E-state index contributed by atoms with van der Waals surface area (Å²) in [7, 11) is 0. The number of nitrogens with one attached hydrogen (secondary N) is 1. The van der Waals surface area contributed by atoms with Crippen molar-refractivity contribution in [2.75, 3.05) is 0 Å². The number of hydrogen-bond donors (Lipinski definition) is 2. The van der Waals surface area contributed by atoms with Crippen molar-refractivity contribution in [3.8, 4) is 11.8 Å². The molecule has 2 amide bonds. The number of carbonyl (C=O) groups excluding carboxylic acids is 2. The number of primary amides is 1. The lowest BCUT2D eigenvalue weighted by Gasteiger charge is -2.13. The number of amides is 2. The van der Waals surface area contributed by atoms with Crippen LogP contribution in [-0.2, 0) is 4.79 Å². The summed E-state index contributed by atoms with van der Waals surface area (Å²) >= 11 is 0. The summed E-state index contributed by atoms with van der Waals surface area (Å²) in [6.07, 6.45) is 1.60. The molecule has 0 aliphatic heterocycles. The first-order valence-corrected chi connectivity index (χ1v) is 9.88. The van der Waals surface area contributed by atoms with Gasteiger partial charge in [-0.1, -0.05) is 30.3 Å². The standard InChI is InChI=1S/C25H24N4O2/c1-16-13-21(18(3)29(16)23-11-9-20(10-12-23)24(27)30)14-22(15-26)25(31)28-17(2)19-7-5-4-6-8-19/h4-14,17H,1-3H3,(H2,27,30)(H,28,31)/b22-14-/t17-/m0/s1. The van der Waals surface area contributed by atoms with Crippen LogP contribution in [0.2, 0.25) is 0 Å². The molecule has 0 bridgehead atoms. The molecule has 0 unspecified atom stereocenters. The van der Waals surface area contributed by atoms with Crippen molar-refractivity contribution in [2.24, 2.45) is 5.73 Å². The van der Waals surface area contributed by atoms with Gasteiger partial charge in [-0.2, -0.15) is 5.26 Å². The molecule has 0 aliphatic carbocycles. The number of aromatic nitrogens is 1.